The van der Waals surface area contributed by atoms with E-state index in [-0.39, 0.29) is 29.1 Å². The molecule has 0 spiro atoms. The third kappa shape index (κ3) is 5.06. The zero-order valence-electron chi connectivity index (χ0n) is 19.8. The van der Waals surface area contributed by atoms with E-state index in [1.165, 1.54) is 0 Å². The first-order chi connectivity index (χ1) is 15.5. The van der Waals surface area contributed by atoms with Crippen LogP contribution < -0.4 is 10.2 Å². The second-order valence-corrected chi connectivity index (χ2v) is 15.3. The molecular weight excluding hydrogens is 442 g/mol. The fourth-order valence-corrected chi connectivity index (χ4v) is 5.55. The maximum Gasteiger partial charge on any atom is 0.411 e. The number of nitrogens with one attached hydrogen (secondary N) is 1. The van der Waals surface area contributed by atoms with Crippen LogP contribution in [0.15, 0.2) is 42.5 Å². The summed E-state index contributed by atoms with van der Waals surface area (Å²) in [5.74, 6) is -0.777. The Morgan fingerprint density at radius 2 is 1.67 bits per heavy atom. The lowest BCUT2D eigenvalue weighted by Crippen LogP contribution is -2.43. The van der Waals surface area contributed by atoms with E-state index in [0.717, 1.165) is 17.7 Å². The number of hydrogen-bond donors (Lipinski definition) is 1. The number of benzene rings is 2. The first kappa shape index (κ1) is 23.7. The number of anilines is 2. The normalized spacial score (nSPS) is 22.2. The van der Waals surface area contributed by atoms with Crippen LogP contribution in [0.1, 0.15) is 26.3 Å². The van der Waals surface area contributed by atoms with E-state index in [2.05, 4.69) is 39.2 Å². The average Bonchev–Trinajstić information content (AvgIpc) is 3.14. The molecule has 2 aromatic carbocycles. The summed E-state index contributed by atoms with van der Waals surface area (Å²) in [5.41, 5.74) is 0.801. The molecule has 178 valence electrons. The molecular formula is C25H32F2N2O3Si. The van der Waals surface area contributed by atoms with Gasteiger partial charge >= 0.3 is 6.09 Å². The van der Waals surface area contributed by atoms with Gasteiger partial charge in [0.1, 0.15) is 12.3 Å². The standard InChI is InChI=1S/C25H32F2N2O3Si/c1-25(2,3)33(4,5)32-23-18-13-29(14-19(18)23)22-20(26)11-17(12-21(22)27)28-24(30)31-15-16-9-7-6-8-10-16/h6-12,18-19,23H,13-15H2,1-5H3,(H,28,30)/t18-,19+,23?. The molecule has 1 aliphatic heterocycles. The molecule has 1 saturated heterocycles. The Labute approximate surface area is 195 Å². The molecule has 33 heavy (non-hydrogen) atoms. The van der Waals surface area contributed by atoms with Gasteiger partial charge in [0, 0.05) is 30.6 Å². The van der Waals surface area contributed by atoms with Crippen LogP contribution >= 0.6 is 0 Å². The van der Waals surface area contributed by atoms with E-state index >= 15 is 0 Å². The second kappa shape index (κ2) is 8.72. The van der Waals surface area contributed by atoms with Gasteiger partial charge in [-0.25, -0.2) is 13.6 Å². The molecule has 1 heterocycles. The minimum absolute atomic E-state index is 0.0234. The zero-order chi connectivity index (χ0) is 24.0. The topological polar surface area (TPSA) is 50.8 Å². The molecule has 0 radical (unpaired) electrons. The summed E-state index contributed by atoms with van der Waals surface area (Å²) in [6.45, 7) is 12.3. The highest BCUT2D eigenvalue weighted by Crippen LogP contribution is 2.52. The van der Waals surface area contributed by atoms with Crippen LogP contribution in [0, 0.1) is 23.5 Å². The molecule has 1 unspecified atom stereocenters. The fraction of sp³-hybridized carbons (Fsp3) is 0.480. The van der Waals surface area contributed by atoms with Crippen molar-refractivity contribution in [2.75, 3.05) is 23.3 Å². The molecule has 1 aliphatic carbocycles. The van der Waals surface area contributed by atoms with Crippen molar-refractivity contribution in [2.24, 2.45) is 11.8 Å². The molecule has 4 rings (SSSR count). The molecule has 3 atom stereocenters. The van der Waals surface area contributed by atoms with Crippen molar-refractivity contribution in [3.8, 4) is 0 Å². The van der Waals surface area contributed by atoms with Gasteiger partial charge in [0.05, 0.1) is 6.10 Å². The van der Waals surface area contributed by atoms with E-state index in [4.69, 9.17) is 9.16 Å². The third-order valence-corrected chi connectivity index (χ3v) is 11.6. The summed E-state index contributed by atoms with van der Waals surface area (Å²) in [6.07, 6.45) is -0.577. The molecule has 1 amide bonds. The maximum absolute atomic E-state index is 14.8. The fourth-order valence-electron chi connectivity index (χ4n) is 4.16. The number of fused-ring (bicyclic) bond motifs is 1. The van der Waals surface area contributed by atoms with Crippen LogP contribution in [0.3, 0.4) is 0 Å². The monoisotopic (exact) mass is 474 g/mol. The summed E-state index contributed by atoms with van der Waals surface area (Å²) >= 11 is 0. The Bertz CT molecular complexity index is 991. The Hall–Kier alpha value is -2.45. The van der Waals surface area contributed by atoms with Crippen LogP contribution in [0.25, 0.3) is 0 Å². The van der Waals surface area contributed by atoms with E-state index in [1.54, 1.807) is 4.90 Å². The van der Waals surface area contributed by atoms with Crippen molar-refractivity contribution in [3.63, 3.8) is 0 Å². The van der Waals surface area contributed by atoms with Crippen molar-refractivity contribution in [2.45, 2.75) is 51.6 Å². The number of carbonyl (C=O) groups excluding carboxylic acids is 1. The summed E-state index contributed by atoms with van der Waals surface area (Å²) in [7, 11) is -1.87. The van der Waals surface area contributed by atoms with Gasteiger partial charge in [-0.15, -0.1) is 0 Å². The highest BCUT2D eigenvalue weighted by molar-refractivity contribution is 6.74. The Kier molecular flexibility index (Phi) is 6.26. The van der Waals surface area contributed by atoms with Gasteiger partial charge in [-0.2, -0.15) is 0 Å². The highest BCUT2D eigenvalue weighted by atomic mass is 28.4. The minimum atomic E-state index is -1.87. The number of amides is 1. The van der Waals surface area contributed by atoms with Gasteiger partial charge in [0.15, 0.2) is 20.0 Å². The predicted octanol–water partition coefficient (Wildman–Crippen LogP) is 6.17. The van der Waals surface area contributed by atoms with E-state index in [0.29, 0.717) is 24.9 Å². The molecule has 5 nitrogen and oxygen atoms in total. The van der Waals surface area contributed by atoms with Crippen LogP contribution in [-0.4, -0.2) is 33.6 Å². The van der Waals surface area contributed by atoms with Crippen LogP contribution in [0.4, 0.5) is 25.0 Å². The smallest absolute Gasteiger partial charge is 0.411 e. The number of piperidine rings is 1. The lowest BCUT2D eigenvalue weighted by Gasteiger charge is -2.37. The molecule has 1 saturated carbocycles. The summed E-state index contributed by atoms with van der Waals surface area (Å²) in [5, 5.41) is 2.53. The Balaban J connectivity index is 1.34. The number of nitrogens with zero attached hydrogens (tertiary/aromatic N) is 1. The van der Waals surface area contributed by atoms with Crippen LogP contribution in [0.2, 0.25) is 18.1 Å². The Morgan fingerprint density at radius 1 is 1.09 bits per heavy atom. The van der Waals surface area contributed by atoms with E-state index < -0.39 is 26.0 Å². The molecule has 0 aromatic heterocycles. The number of halogens is 2. The molecule has 1 N–H and O–H groups in total. The zero-order valence-corrected chi connectivity index (χ0v) is 20.8. The third-order valence-electron chi connectivity index (χ3n) is 7.14. The van der Waals surface area contributed by atoms with Gasteiger partial charge in [0.25, 0.3) is 0 Å². The first-order valence-corrected chi connectivity index (χ1v) is 14.3. The first-order valence-electron chi connectivity index (χ1n) is 11.4. The Morgan fingerprint density at radius 3 is 2.21 bits per heavy atom. The van der Waals surface area contributed by atoms with Gasteiger partial charge in [-0.1, -0.05) is 51.1 Å². The number of rotatable bonds is 6. The van der Waals surface area contributed by atoms with Gasteiger partial charge in [-0.05, 0) is 35.8 Å². The summed E-state index contributed by atoms with van der Waals surface area (Å²) < 4.78 is 41.3. The maximum atomic E-state index is 14.8. The van der Waals surface area contributed by atoms with Gasteiger partial charge in [0.2, 0.25) is 0 Å². The molecule has 2 aromatic rings. The van der Waals surface area contributed by atoms with Crippen molar-refractivity contribution in [1.82, 2.24) is 0 Å². The lowest BCUT2D eigenvalue weighted by atomic mass is 10.2. The molecule has 2 aliphatic rings. The summed E-state index contributed by atoms with van der Waals surface area (Å²) in [6, 6.07) is 11.5. The van der Waals surface area contributed by atoms with Crippen molar-refractivity contribution in [3.05, 3.63) is 59.7 Å². The molecule has 2 fully saturated rings. The van der Waals surface area contributed by atoms with Crippen molar-refractivity contribution < 1.29 is 22.7 Å². The lowest BCUT2D eigenvalue weighted by molar-refractivity contribution is 0.155. The van der Waals surface area contributed by atoms with E-state index in [9.17, 15) is 13.6 Å². The number of carbonyl (C=O) groups is 1. The number of hydrogen-bond acceptors (Lipinski definition) is 4. The van der Waals surface area contributed by atoms with Crippen LogP contribution in [0.5, 0.6) is 0 Å². The van der Waals surface area contributed by atoms with Gasteiger partial charge < -0.3 is 14.1 Å². The average molecular weight is 475 g/mol. The van der Waals surface area contributed by atoms with Gasteiger partial charge in [-0.3, -0.25) is 5.32 Å². The van der Waals surface area contributed by atoms with E-state index in [1.807, 2.05) is 30.3 Å². The highest BCUT2D eigenvalue weighted by Gasteiger charge is 2.59. The predicted molar refractivity (Wildman–Crippen MR) is 128 cm³/mol. The van der Waals surface area contributed by atoms with Crippen molar-refractivity contribution in [1.29, 1.82) is 0 Å². The SMILES string of the molecule is CC(C)(C)[Si](C)(C)OC1[C@H]2CN(c3c(F)cc(NC(=O)OCc4ccccc4)cc3F)C[C@@H]12. The number of ether oxygens (including phenoxy) is 1. The molecule has 0 bridgehead atoms. The largest absolute Gasteiger partial charge is 0.444 e. The summed E-state index contributed by atoms with van der Waals surface area (Å²) in [4.78, 5) is 13.8. The second-order valence-electron chi connectivity index (χ2n) is 10.6. The quantitative estimate of drug-likeness (QED) is 0.509. The molecule has 8 heteroatoms. The van der Waals surface area contributed by atoms with Crippen LogP contribution in [-0.2, 0) is 15.8 Å². The minimum Gasteiger partial charge on any atom is -0.444 e. The van der Waals surface area contributed by atoms with Crippen molar-refractivity contribution >= 4 is 25.8 Å².